The number of amides is 2. The summed E-state index contributed by atoms with van der Waals surface area (Å²) in [6.45, 7) is 3.46. The summed E-state index contributed by atoms with van der Waals surface area (Å²) < 4.78 is 13.8. The molecular weight excluding hydrogens is 271 g/mol. The molecule has 1 heterocycles. The van der Waals surface area contributed by atoms with Gasteiger partial charge in [-0.25, -0.2) is 4.39 Å². The number of likely N-dealkylation sites (tertiary alicyclic amines) is 1. The maximum absolute atomic E-state index is 13.8. The third-order valence-corrected chi connectivity index (χ3v) is 3.77. The number of rotatable bonds is 4. The Bertz CT molecular complexity index is 525. The van der Waals surface area contributed by atoms with E-state index in [1.807, 2.05) is 4.90 Å². The van der Waals surface area contributed by atoms with E-state index in [4.69, 9.17) is 0 Å². The first-order chi connectivity index (χ1) is 10.1. The van der Waals surface area contributed by atoms with E-state index in [0.717, 1.165) is 25.9 Å². The van der Waals surface area contributed by atoms with E-state index in [1.165, 1.54) is 12.5 Å². The Hall–Kier alpha value is -1.91. The van der Waals surface area contributed by atoms with Gasteiger partial charge in [-0.2, -0.15) is 0 Å². The van der Waals surface area contributed by atoms with Gasteiger partial charge in [0.2, 0.25) is 5.91 Å². The third-order valence-electron chi connectivity index (χ3n) is 3.77. The zero-order valence-corrected chi connectivity index (χ0v) is 12.3. The number of nitrogens with zero attached hydrogens (tertiary/aromatic N) is 1. The lowest BCUT2D eigenvalue weighted by Crippen LogP contribution is -2.37. The minimum absolute atomic E-state index is 0.0282. The van der Waals surface area contributed by atoms with Crippen LogP contribution in [0.1, 0.15) is 41.6 Å². The van der Waals surface area contributed by atoms with Crippen LogP contribution < -0.4 is 5.32 Å². The molecule has 2 amide bonds. The van der Waals surface area contributed by atoms with E-state index in [-0.39, 0.29) is 24.4 Å². The van der Waals surface area contributed by atoms with E-state index in [0.29, 0.717) is 5.56 Å². The van der Waals surface area contributed by atoms with E-state index < -0.39 is 11.7 Å². The Morgan fingerprint density at radius 2 is 1.95 bits per heavy atom. The molecule has 0 spiro atoms. The van der Waals surface area contributed by atoms with Crippen LogP contribution in [0.4, 0.5) is 4.39 Å². The van der Waals surface area contributed by atoms with Gasteiger partial charge < -0.3 is 10.2 Å². The monoisotopic (exact) mass is 292 g/mol. The van der Waals surface area contributed by atoms with Crippen LogP contribution in [0.3, 0.4) is 0 Å². The number of halogens is 1. The second kappa shape index (κ2) is 7.20. The standard InChI is InChI=1S/C16H21FN2O2/c1-12-6-5-7-13(15(12)17)16(21)18-9-8-14(20)19-10-3-2-4-11-19/h5-7H,2-4,8-11H2,1H3,(H,18,21). The van der Waals surface area contributed by atoms with Gasteiger partial charge in [-0.15, -0.1) is 0 Å². The van der Waals surface area contributed by atoms with Crippen LogP contribution in [-0.2, 0) is 4.79 Å². The first-order valence-corrected chi connectivity index (χ1v) is 7.40. The number of benzene rings is 1. The predicted molar refractivity (Wildman–Crippen MR) is 78.5 cm³/mol. The number of carbonyl (C=O) groups is 2. The van der Waals surface area contributed by atoms with Crippen LogP contribution in [0.2, 0.25) is 0 Å². The molecule has 5 heteroatoms. The molecule has 0 unspecified atom stereocenters. The Labute approximate surface area is 124 Å². The first-order valence-electron chi connectivity index (χ1n) is 7.40. The second-order valence-electron chi connectivity index (χ2n) is 5.38. The van der Waals surface area contributed by atoms with Crippen molar-refractivity contribution in [3.05, 3.63) is 35.1 Å². The van der Waals surface area contributed by atoms with Gasteiger partial charge >= 0.3 is 0 Å². The molecule has 1 N–H and O–H groups in total. The summed E-state index contributed by atoms with van der Waals surface area (Å²) in [6, 6.07) is 4.71. The van der Waals surface area contributed by atoms with Crippen molar-refractivity contribution in [2.75, 3.05) is 19.6 Å². The average molecular weight is 292 g/mol. The zero-order valence-electron chi connectivity index (χ0n) is 12.3. The molecular formula is C16H21FN2O2. The van der Waals surface area contributed by atoms with Crippen molar-refractivity contribution in [1.29, 1.82) is 0 Å². The number of nitrogens with one attached hydrogen (secondary N) is 1. The largest absolute Gasteiger partial charge is 0.351 e. The summed E-state index contributed by atoms with van der Waals surface area (Å²) >= 11 is 0. The smallest absolute Gasteiger partial charge is 0.254 e. The molecule has 0 bridgehead atoms. The van der Waals surface area contributed by atoms with Crippen molar-refractivity contribution >= 4 is 11.8 Å². The Morgan fingerprint density at radius 3 is 2.67 bits per heavy atom. The van der Waals surface area contributed by atoms with Crippen LogP contribution in [0.25, 0.3) is 0 Å². The van der Waals surface area contributed by atoms with Gasteiger partial charge in [-0.1, -0.05) is 12.1 Å². The minimum atomic E-state index is -0.502. The maximum atomic E-state index is 13.8. The highest BCUT2D eigenvalue weighted by molar-refractivity contribution is 5.94. The number of carbonyl (C=O) groups excluding carboxylic acids is 2. The van der Waals surface area contributed by atoms with Crippen molar-refractivity contribution in [3.63, 3.8) is 0 Å². The van der Waals surface area contributed by atoms with E-state index in [9.17, 15) is 14.0 Å². The third kappa shape index (κ3) is 4.03. The lowest BCUT2D eigenvalue weighted by molar-refractivity contribution is -0.131. The highest BCUT2D eigenvalue weighted by Crippen LogP contribution is 2.12. The van der Waals surface area contributed by atoms with Gasteiger partial charge in [0.1, 0.15) is 5.82 Å². The number of hydrogen-bond acceptors (Lipinski definition) is 2. The lowest BCUT2D eigenvalue weighted by atomic mass is 10.1. The summed E-state index contributed by atoms with van der Waals surface area (Å²) in [5.74, 6) is -0.917. The van der Waals surface area contributed by atoms with Crippen molar-refractivity contribution in [2.24, 2.45) is 0 Å². The summed E-state index contributed by atoms with van der Waals surface area (Å²) in [4.78, 5) is 25.7. The van der Waals surface area contributed by atoms with Crippen LogP contribution in [0.5, 0.6) is 0 Å². The molecule has 0 radical (unpaired) electrons. The van der Waals surface area contributed by atoms with Gasteiger partial charge in [0.15, 0.2) is 0 Å². The van der Waals surface area contributed by atoms with Crippen LogP contribution in [0, 0.1) is 12.7 Å². The number of hydrogen-bond donors (Lipinski definition) is 1. The minimum Gasteiger partial charge on any atom is -0.351 e. The highest BCUT2D eigenvalue weighted by atomic mass is 19.1. The van der Waals surface area contributed by atoms with Crippen molar-refractivity contribution in [2.45, 2.75) is 32.6 Å². The highest BCUT2D eigenvalue weighted by Gasteiger charge is 2.17. The Balaban J connectivity index is 1.81. The zero-order chi connectivity index (χ0) is 15.2. The summed E-state index contributed by atoms with van der Waals surface area (Å²) in [6.07, 6.45) is 3.53. The molecule has 0 aromatic heterocycles. The van der Waals surface area contributed by atoms with Crippen LogP contribution >= 0.6 is 0 Å². The first kappa shape index (κ1) is 15.5. The van der Waals surface area contributed by atoms with Crippen LogP contribution in [0.15, 0.2) is 18.2 Å². The second-order valence-corrected chi connectivity index (χ2v) is 5.38. The normalized spacial score (nSPS) is 14.9. The van der Waals surface area contributed by atoms with Crippen molar-refractivity contribution in [1.82, 2.24) is 10.2 Å². The molecule has 4 nitrogen and oxygen atoms in total. The lowest BCUT2D eigenvalue weighted by Gasteiger charge is -2.26. The van der Waals surface area contributed by atoms with Crippen LogP contribution in [-0.4, -0.2) is 36.3 Å². The number of piperidine rings is 1. The molecule has 1 aliphatic heterocycles. The fourth-order valence-corrected chi connectivity index (χ4v) is 2.50. The molecule has 21 heavy (non-hydrogen) atoms. The maximum Gasteiger partial charge on any atom is 0.254 e. The Morgan fingerprint density at radius 1 is 1.24 bits per heavy atom. The molecule has 1 aromatic rings. The van der Waals surface area contributed by atoms with E-state index in [2.05, 4.69) is 5.32 Å². The molecule has 1 fully saturated rings. The quantitative estimate of drug-likeness (QED) is 0.925. The fourth-order valence-electron chi connectivity index (χ4n) is 2.50. The van der Waals surface area contributed by atoms with Gasteiger partial charge in [-0.3, -0.25) is 9.59 Å². The summed E-state index contributed by atoms with van der Waals surface area (Å²) in [5, 5.41) is 2.61. The number of aryl methyl sites for hydroxylation is 1. The molecule has 0 saturated carbocycles. The molecule has 0 atom stereocenters. The SMILES string of the molecule is Cc1cccc(C(=O)NCCC(=O)N2CCCCC2)c1F. The van der Waals surface area contributed by atoms with Gasteiger partial charge in [0.05, 0.1) is 5.56 Å². The summed E-state index contributed by atoms with van der Waals surface area (Å²) in [5.41, 5.74) is 0.465. The van der Waals surface area contributed by atoms with E-state index >= 15 is 0 Å². The molecule has 1 saturated heterocycles. The van der Waals surface area contributed by atoms with Gasteiger partial charge in [0.25, 0.3) is 5.91 Å². The van der Waals surface area contributed by atoms with E-state index in [1.54, 1.807) is 19.1 Å². The topological polar surface area (TPSA) is 49.4 Å². The van der Waals surface area contributed by atoms with Gasteiger partial charge in [-0.05, 0) is 37.8 Å². The molecule has 114 valence electrons. The summed E-state index contributed by atoms with van der Waals surface area (Å²) in [7, 11) is 0. The molecule has 2 rings (SSSR count). The molecule has 1 aliphatic rings. The fraction of sp³-hybridized carbons (Fsp3) is 0.500. The Kier molecular flexibility index (Phi) is 5.31. The van der Waals surface area contributed by atoms with Gasteiger partial charge in [0, 0.05) is 26.1 Å². The molecule has 1 aromatic carbocycles. The van der Waals surface area contributed by atoms with Crippen molar-refractivity contribution in [3.8, 4) is 0 Å². The molecule has 0 aliphatic carbocycles. The van der Waals surface area contributed by atoms with Crippen molar-refractivity contribution < 1.29 is 14.0 Å². The predicted octanol–water partition coefficient (Wildman–Crippen LogP) is 2.27. The average Bonchev–Trinajstić information content (AvgIpc) is 2.50.